The third-order valence-electron chi connectivity index (χ3n) is 7.43. The summed E-state index contributed by atoms with van der Waals surface area (Å²) in [6.45, 7) is 5.57. The van der Waals surface area contributed by atoms with E-state index in [0.717, 1.165) is 33.7 Å². The van der Waals surface area contributed by atoms with Crippen LogP contribution in [0.15, 0.2) is 83.3 Å². The number of Topliss-reactive ketones (excluding diaryl/α,β-unsaturated/α-hetero) is 1. The number of halogens is 2. The Morgan fingerprint density at radius 1 is 0.946 bits per heavy atom. The van der Waals surface area contributed by atoms with Crippen LogP contribution in [0.3, 0.4) is 0 Å². The van der Waals surface area contributed by atoms with Gasteiger partial charge in [0.15, 0.2) is 11.2 Å². The van der Waals surface area contributed by atoms with Gasteiger partial charge in [0.1, 0.15) is 11.6 Å². The molecule has 0 amide bonds. The topological polar surface area (TPSA) is 42.3 Å². The predicted molar refractivity (Wildman–Crippen MR) is 141 cm³/mol. The van der Waals surface area contributed by atoms with Crippen LogP contribution >= 0.6 is 0 Å². The zero-order valence-electron chi connectivity index (χ0n) is 20.7. The average Bonchev–Trinajstić information content (AvgIpc) is 3.73. The van der Waals surface area contributed by atoms with Gasteiger partial charge >= 0.3 is 0 Å². The summed E-state index contributed by atoms with van der Waals surface area (Å²) in [6.07, 6.45) is 6.31. The molecule has 1 atom stereocenters. The van der Waals surface area contributed by atoms with Crippen molar-refractivity contribution in [3.05, 3.63) is 123 Å². The number of hydrogen-bond donors (Lipinski definition) is 0. The van der Waals surface area contributed by atoms with E-state index in [2.05, 4.69) is 29.4 Å². The number of fused-ring (bicyclic) bond motifs is 3. The third kappa shape index (κ3) is 4.06. The van der Waals surface area contributed by atoms with Crippen LogP contribution in [0.25, 0.3) is 16.8 Å². The van der Waals surface area contributed by atoms with Crippen LogP contribution in [-0.2, 0) is 0 Å². The van der Waals surface area contributed by atoms with E-state index in [0.29, 0.717) is 25.1 Å². The van der Waals surface area contributed by atoms with E-state index in [1.165, 1.54) is 24.3 Å². The van der Waals surface area contributed by atoms with Crippen molar-refractivity contribution >= 4 is 22.6 Å². The van der Waals surface area contributed by atoms with Gasteiger partial charge < -0.3 is 9.47 Å². The normalized spacial score (nSPS) is 18.3. The fraction of sp³-hybridized carbons (Fsp3) is 0.226. The first-order valence-corrected chi connectivity index (χ1v) is 12.5. The molecule has 0 spiro atoms. The number of carbonyl (C=O) groups is 1. The summed E-state index contributed by atoms with van der Waals surface area (Å²) in [6, 6.07) is 14.2. The Morgan fingerprint density at radius 3 is 2.16 bits per heavy atom. The van der Waals surface area contributed by atoms with Gasteiger partial charge in [-0.05, 0) is 53.3 Å². The molecule has 6 rings (SSSR count). The molecule has 186 valence electrons. The highest BCUT2D eigenvalue weighted by molar-refractivity contribution is 6.15. The molecule has 0 N–H and O–H groups in total. The van der Waals surface area contributed by atoms with Gasteiger partial charge in [-0.1, -0.05) is 50.3 Å². The van der Waals surface area contributed by atoms with E-state index < -0.39 is 0 Å². The second kappa shape index (κ2) is 8.80. The number of aromatic nitrogens is 1. The minimum atomic E-state index is -0.341. The molecule has 0 fully saturated rings. The monoisotopic (exact) mass is 496 g/mol. The standard InChI is InChI=1S/C31H26F2N2O2/c1-18(2)27-17-34-14-13-24(19-5-9-22(32)10-6-19)29(20-7-11-23(33)12-8-20)30(34)26-15-28(36)25(16-35(26)27)31(37)21-3-4-21/h3,5-13,15-16,18,27H,4,14,17H2,1-2H3/t27-/m0/s1. The molecule has 3 aromatic rings. The number of ketones is 1. The molecule has 6 heteroatoms. The van der Waals surface area contributed by atoms with Crippen molar-refractivity contribution in [2.45, 2.75) is 26.3 Å². The van der Waals surface area contributed by atoms with Gasteiger partial charge in [-0.25, -0.2) is 8.78 Å². The predicted octanol–water partition coefficient (Wildman–Crippen LogP) is 6.12. The molecule has 3 aliphatic rings. The van der Waals surface area contributed by atoms with E-state index in [4.69, 9.17) is 0 Å². The molecule has 0 radical (unpaired) electrons. The van der Waals surface area contributed by atoms with Gasteiger partial charge in [-0.2, -0.15) is 0 Å². The molecule has 1 aliphatic carbocycles. The number of hydrogen-bond acceptors (Lipinski definition) is 3. The fourth-order valence-corrected chi connectivity index (χ4v) is 5.38. The number of allylic oxidation sites excluding steroid dienone is 4. The molecule has 37 heavy (non-hydrogen) atoms. The van der Waals surface area contributed by atoms with Gasteiger partial charge in [0.05, 0.1) is 23.0 Å². The SMILES string of the molecule is CC(C)[C@@H]1CN2CC=C(c3ccc(F)cc3)C(c3ccc(F)cc3)=C2c2cc(=O)c(C(=O)C3=CC3)cn21. The van der Waals surface area contributed by atoms with E-state index in [9.17, 15) is 18.4 Å². The Morgan fingerprint density at radius 2 is 1.57 bits per heavy atom. The van der Waals surface area contributed by atoms with E-state index in [1.54, 1.807) is 36.5 Å². The lowest BCUT2D eigenvalue weighted by Gasteiger charge is -2.44. The number of rotatable bonds is 5. The first-order valence-electron chi connectivity index (χ1n) is 12.5. The second-order valence-corrected chi connectivity index (χ2v) is 10.2. The van der Waals surface area contributed by atoms with Gasteiger partial charge in [0, 0.05) is 36.5 Å². The summed E-state index contributed by atoms with van der Waals surface area (Å²) in [4.78, 5) is 28.4. The Hall–Kier alpha value is -4.06. The first kappa shape index (κ1) is 23.3. The lowest BCUT2D eigenvalue weighted by atomic mass is 9.85. The zero-order valence-corrected chi connectivity index (χ0v) is 20.7. The lowest BCUT2D eigenvalue weighted by Crippen LogP contribution is -2.42. The van der Waals surface area contributed by atoms with Crippen molar-refractivity contribution in [3.8, 4) is 0 Å². The maximum absolute atomic E-state index is 13.9. The molecule has 0 saturated carbocycles. The van der Waals surface area contributed by atoms with E-state index in [-0.39, 0.29) is 40.4 Å². The Kier molecular flexibility index (Phi) is 5.55. The molecule has 3 heterocycles. The van der Waals surface area contributed by atoms with Crippen molar-refractivity contribution in [2.75, 3.05) is 13.1 Å². The van der Waals surface area contributed by atoms with Crippen LogP contribution < -0.4 is 5.43 Å². The van der Waals surface area contributed by atoms with Crippen LogP contribution in [0.2, 0.25) is 0 Å². The van der Waals surface area contributed by atoms with Crippen LogP contribution in [0.1, 0.15) is 53.5 Å². The largest absolute Gasteiger partial charge is 0.363 e. The molecule has 2 aliphatic heterocycles. The summed E-state index contributed by atoms with van der Waals surface area (Å²) in [5.74, 6) is -0.613. The molecule has 2 aromatic carbocycles. The van der Waals surface area contributed by atoms with Crippen molar-refractivity contribution in [1.82, 2.24) is 9.47 Å². The average molecular weight is 497 g/mol. The maximum atomic E-state index is 13.9. The zero-order chi connectivity index (χ0) is 25.8. The quantitative estimate of drug-likeness (QED) is 0.400. The molecule has 1 aromatic heterocycles. The van der Waals surface area contributed by atoms with E-state index in [1.807, 2.05) is 6.08 Å². The highest BCUT2D eigenvalue weighted by Gasteiger charge is 2.36. The Labute approximate surface area is 213 Å². The molecule has 0 saturated heterocycles. The van der Waals surface area contributed by atoms with Crippen LogP contribution in [0, 0.1) is 17.6 Å². The molecular weight excluding hydrogens is 470 g/mol. The van der Waals surface area contributed by atoms with Gasteiger partial charge in [-0.3, -0.25) is 9.59 Å². The second-order valence-electron chi connectivity index (χ2n) is 10.2. The van der Waals surface area contributed by atoms with Crippen molar-refractivity contribution in [2.24, 2.45) is 5.92 Å². The lowest BCUT2D eigenvalue weighted by molar-refractivity contribution is 0.103. The summed E-state index contributed by atoms with van der Waals surface area (Å²) in [7, 11) is 0. The molecular formula is C31H26F2N2O2. The van der Waals surface area contributed by atoms with Crippen molar-refractivity contribution in [3.63, 3.8) is 0 Å². The third-order valence-corrected chi connectivity index (χ3v) is 7.43. The van der Waals surface area contributed by atoms with Crippen LogP contribution in [-0.4, -0.2) is 28.3 Å². The molecule has 0 unspecified atom stereocenters. The maximum Gasteiger partial charge on any atom is 0.194 e. The summed E-state index contributed by atoms with van der Waals surface area (Å²) in [5.41, 5.74) is 5.51. The fourth-order valence-electron chi connectivity index (χ4n) is 5.38. The minimum Gasteiger partial charge on any atom is -0.363 e. The summed E-state index contributed by atoms with van der Waals surface area (Å²) < 4.78 is 29.7. The summed E-state index contributed by atoms with van der Waals surface area (Å²) >= 11 is 0. The molecule has 4 nitrogen and oxygen atoms in total. The smallest absolute Gasteiger partial charge is 0.194 e. The highest BCUT2D eigenvalue weighted by Crippen LogP contribution is 2.45. The van der Waals surface area contributed by atoms with Gasteiger partial charge in [0.2, 0.25) is 0 Å². The Bertz CT molecular complexity index is 1570. The van der Waals surface area contributed by atoms with Crippen LogP contribution in [0.4, 0.5) is 8.78 Å². The number of benzene rings is 2. The number of nitrogens with zero attached hydrogens (tertiary/aromatic N) is 2. The minimum absolute atomic E-state index is 0.0503. The van der Waals surface area contributed by atoms with Crippen molar-refractivity contribution in [1.29, 1.82) is 0 Å². The van der Waals surface area contributed by atoms with E-state index >= 15 is 0 Å². The number of pyridine rings is 1. The highest BCUT2D eigenvalue weighted by atomic mass is 19.1. The van der Waals surface area contributed by atoms with Crippen molar-refractivity contribution < 1.29 is 13.6 Å². The summed E-state index contributed by atoms with van der Waals surface area (Å²) in [5, 5.41) is 0. The van der Waals surface area contributed by atoms with Gasteiger partial charge in [0.25, 0.3) is 0 Å². The first-order chi connectivity index (χ1) is 17.8. The number of carbonyl (C=O) groups excluding carboxylic acids is 1. The Balaban J connectivity index is 1.63. The molecule has 0 bridgehead atoms. The van der Waals surface area contributed by atoms with Crippen LogP contribution in [0.5, 0.6) is 0 Å². The van der Waals surface area contributed by atoms with Gasteiger partial charge in [-0.15, -0.1) is 0 Å².